The molecule has 0 spiro atoms. The number of sulfonamides is 1. The fourth-order valence-electron chi connectivity index (χ4n) is 3.21. The van der Waals surface area contributed by atoms with Crippen LogP contribution in [0.1, 0.15) is 31.4 Å². The van der Waals surface area contributed by atoms with Gasteiger partial charge >= 0.3 is 0 Å². The molecule has 0 aliphatic rings. The predicted octanol–water partition coefficient (Wildman–Crippen LogP) is 3.31. The summed E-state index contributed by atoms with van der Waals surface area (Å²) in [5.41, 5.74) is 2.31. The second kappa shape index (κ2) is 11.6. The normalized spacial score (nSPS) is 12.2. The van der Waals surface area contributed by atoms with E-state index in [0.29, 0.717) is 12.2 Å². The summed E-state index contributed by atoms with van der Waals surface area (Å²) in [6, 6.07) is 13.8. The molecule has 1 N–H and O–H groups in total. The minimum atomic E-state index is -3.72. The number of hydrogen-bond donors (Lipinski definition) is 1. The van der Waals surface area contributed by atoms with Crippen LogP contribution in [0.5, 0.6) is 0 Å². The number of benzene rings is 2. The van der Waals surface area contributed by atoms with Gasteiger partial charge in [-0.2, -0.15) is 0 Å². The molecule has 0 fully saturated rings. The number of anilines is 1. The lowest BCUT2D eigenvalue weighted by molar-refractivity contribution is -0.139. The number of amides is 2. The van der Waals surface area contributed by atoms with Gasteiger partial charge in [0, 0.05) is 16.7 Å². The van der Waals surface area contributed by atoms with Gasteiger partial charge in [0.25, 0.3) is 0 Å². The fraction of sp³-hybridized carbons (Fsp3) is 0.391. The van der Waals surface area contributed by atoms with Crippen molar-refractivity contribution in [2.24, 2.45) is 0 Å². The molecule has 0 aromatic heterocycles. The highest BCUT2D eigenvalue weighted by Gasteiger charge is 2.29. The van der Waals surface area contributed by atoms with Crippen LogP contribution in [0, 0.1) is 10.5 Å². The lowest BCUT2D eigenvalue weighted by atomic mass is 10.1. The van der Waals surface area contributed by atoms with Crippen LogP contribution in [0.15, 0.2) is 48.5 Å². The SMILES string of the molecule is CCCNC(=O)[C@H](C)N(Cc1cccc(C)c1)C(=O)CN(c1ccc(I)cc1)S(C)(=O)=O. The zero-order valence-electron chi connectivity index (χ0n) is 18.8. The molecular formula is C23H30IN3O4S. The molecule has 0 bridgehead atoms. The van der Waals surface area contributed by atoms with Gasteiger partial charge in [-0.1, -0.05) is 36.8 Å². The summed E-state index contributed by atoms with van der Waals surface area (Å²) in [6.07, 6.45) is 1.85. The first-order valence-corrected chi connectivity index (χ1v) is 13.3. The molecule has 0 unspecified atom stereocenters. The third-order valence-electron chi connectivity index (χ3n) is 4.95. The largest absolute Gasteiger partial charge is 0.354 e. The third-order valence-corrected chi connectivity index (χ3v) is 6.81. The van der Waals surface area contributed by atoms with Gasteiger partial charge in [0.2, 0.25) is 21.8 Å². The zero-order valence-corrected chi connectivity index (χ0v) is 21.8. The zero-order chi connectivity index (χ0) is 23.9. The van der Waals surface area contributed by atoms with Gasteiger partial charge in [0.1, 0.15) is 12.6 Å². The fourth-order valence-corrected chi connectivity index (χ4v) is 4.42. The van der Waals surface area contributed by atoms with E-state index in [4.69, 9.17) is 0 Å². The van der Waals surface area contributed by atoms with Crippen LogP contribution in [-0.2, 0) is 26.2 Å². The van der Waals surface area contributed by atoms with Crippen LogP contribution < -0.4 is 9.62 Å². The van der Waals surface area contributed by atoms with Crippen molar-refractivity contribution >= 4 is 50.1 Å². The van der Waals surface area contributed by atoms with E-state index in [-0.39, 0.29) is 12.5 Å². The maximum absolute atomic E-state index is 13.4. The van der Waals surface area contributed by atoms with Gasteiger partial charge in [-0.25, -0.2) is 8.42 Å². The van der Waals surface area contributed by atoms with Crippen LogP contribution >= 0.6 is 22.6 Å². The first kappa shape index (κ1) is 26.1. The van der Waals surface area contributed by atoms with Crippen LogP contribution in [0.25, 0.3) is 0 Å². The number of nitrogens with one attached hydrogen (secondary N) is 1. The van der Waals surface area contributed by atoms with E-state index >= 15 is 0 Å². The standard InChI is InChI=1S/C23H30IN3O4S/c1-5-13-25-23(29)18(3)26(15-19-8-6-7-17(2)14-19)22(28)16-27(32(4,30)31)21-11-9-20(24)10-12-21/h6-12,14,18H,5,13,15-16H2,1-4H3,(H,25,29)/t18-/m0/s1. The maximum atomic E-state index is 13.4. The highest BCUT2D eigenvalue weighted by molar-refractivity contribution is 14.1. The van der Waals surface area contributed by atoms with Crippen LogP contribution in [-0.4, -0.2) is 50.5 Å². The van der Waals surface area contributed by atoms with Crippen molar-refractivity contribution in [3.05, 3.63) is 63.2 Å². The van der Waals surface area contributed by atoms with Crippen molar-refractivity contribution in [2.45, 2.75) is 39.8 Å². The lowest BCUT2D eigenvalue weighted by Gasteiger charge is -2.31. The van der Waals surface area contributed by atoms with Crippen LogP contribution in [0.3, 0.4) is 0 Å². The van der Waals surface area contributed by atoms with E-state index in [0.717, 1.165) is 31.7 Å². The number of rotatable bonds is 10. The minimum Gasteiger partial charge on any atom is -0.354 e. The molecule has 9 heteroatoms. The van der Waals surface area contributed by atoms with E-state index in [1.165, 1.54) is 4.90 Å². The monoisotopic (exact) mass is 571 g/mol. The Hall–Kier alpha value is -2.14. The second-order valence-corrected chi connectivity index (χ2v) is 10.9. The number of hydrogen-bond acceptors (Lipinski definition) is 4. The van der Waals surface area contributed by atoms with Crippen molar-refractivity contribution in [1.82, 2.24) is 10.2 Å². The molecule has 0 saturated heterocycles. The summed E-state index contributed by atoms with van der Waals surface area (Å²) in [4.78, 5) is 27.5. The average Bonchev–Trinajstić information content (AvgIpc) is 2.73. The molecular weight excluding hydrogens is 541 g/mol. The first-order valence-electron chi connectivity index (χ1n) is 10.4. The van der Waals surface area contributed by atoms with E-state index in [1.54, 1.807) is 31.2 Å². The molecule has 0 aliphatic carbocycles. The Bertz CT molecular complexity index is 1040. The Morgan fingerprint density at radius 2 is 1.78 bits per heavy atom. The molecule has 1 atom stereocenters. The number of carbonyl (C=O) groups excluding carboxylic acids is 2. The van der Waals surface area contributed by atoms with E-state index in [1.807, 2.05) is 38.1 Å². The molecule has 0 saturated carbocycles. The summed E-state index contributed by atoms with van der Waals surface area (Å²) < 4.78 is 27.0. The maximum Gasteiger partial charge on any atom is 0.244 e. The summed E-state index contributed by atoms with van der Waals surface area (Å²) in [5, 5.41) is 2.82. The summed E-state index contributed by atoms with van der Waals surface area (Å²) >= 11 is 2.13. The van der Waals surface area contributed by atoms with Gasteiger partial charge in [-0.3, -0.25) is 13.9 Å². The molecule has 0 aliphatic heterocycles. The molecule has 2 amide bonds. The lowest BCUT2D eigenvalue weighted by Crippen LogP contribution is -2.51. The van der Waals surface area contributed by atoms with Gasteiger partial charge in [-0.05, 0) is 72.7 Å². The molecule has 0 radical (unpaired) electrons. The smallest absolute Gasteiger partial charge is 0.244 e. The Kier molecular flexibility index (Phi) is 9.50. The van der Waals surface area contributed by atoms with Gasteiger partial charge in [0.05, 0.1) is 11.9 Å². The van der Waals surface area contributed by atoms with Gasteiger partial charge in [0.15, 0.2) is 0 Å². The van der Waals surface area contributed by atoms with Crippen molar-refractivity contribution < 1.29 is 18.0 Å². The quantitative estimate of drug-likeness (QED) is 0.444. The predicted molar refractivity (Wildman–Crippen MR) is 136 cm³/mol. The number of carbonyl (C=O) groups is 2. The highest BCUT2D eigenvalue weighted by Crippen LogP contribution is 2.20. The van der Waals surface area contributed by atoms with Crippen molar-refractivity contribution in [3.8, 4) is 0 Å². The summed E-state index contributed by atoms with van der Waals surface area (Å²) in [5.74, 6) is -0.720. The van der Waals surface area contributed by atoms with E-state index in [9.17, 15) is 18.0 Å². The topological polar surface area (TPSA) is 86.8 Å². The van der Waals surface area contributed by atoms with Crippen molar-refractivity contribution in [1.29, 1.82) is 0 Å². The molecule has 2 rings (SSSR count). The molecule has 32 heavy (non-hydrogen) atoms. The molecule has 174 valence electrons. The van der Waals surface area contributed by atoms with Gasteiger partial charge < -0.3 is 10.2 Å². The Morgan fingerprint density at radius 1 is 1.12 bits per heavy atom. The summed E-state index contributed by atoms with van der Waals surface area (Å²) in [6.45, 7) is 5.88. The molecule has 0 heterocycles. The number of aryl methyl sites for hydroxylation is 1. The number of halogens is 1. The van der Waals surface area contributed by atoms with Crippen molar-refractivity contribution in [2.75, 3.05) is 23.7 Å². The van der Waals surface area contributed by atoms with E-state index < -0.39 is 28.5 Å². The summed E-state index contributed by atoms with van der Waals surface area (Å²) in [7, 11) is -3.72. The molecule has 2 aromatic rings. The number of nitrogens with zero attached hydrogens (tertiary/aromatic N) is 2. The van der Waals surface area contributed by atoms with Crippen LogP contribution in [0.2, 0.25) is 0 Å². The minimum absolute atomic E-state index is 0.200. The Labute approximate surface area is 204 Å². The Morgan fingerprint density at radius 3 is 2.34 bits per heavy atom. The van der Waals surface area contributed by atoms with Crippen molar-refractivity contribution in [3.63, 3.8) is 0 Å². The first-order chi connectivity index (χ1) is 15.0. The third kappa shape index (κ3) is 7.47. The highest BCUT2D eigenvalue weighted by atomic mass is 127. The van der Waals surface area contributed by atoms with E-state index in [2.05, 4.69) is 27.9 Å². The van der Waals surface area contributed by atoms with Gasteiger partial charge in [-0.15, -0.1) is 0 Å². The molecule has 2 aromatic carbocycles. The van der Waals surface area contributed by atoms with Crippen LogP contribution in [0.4, 0.5) is 5.69 Å². The average molecular weight is 571 g/mol. The molecule has 7 nitrogen and oxygen atoms in total. The Balaban J connectivity index is 2.35. The second-order valence-electron chi connectivity index (χ2n) is 7.72.